The highest BCUT2D eigenvalue weighted by atomic mass is 35.5. The molecule has 0 aliphatic carbocycles. The Kier molecular flexibility index (Phi) is 2.96. The Labute approximate surface area is 108 Å². The van der Waals surface area contributed by atoms with Crippen molar-refractivity contribution in [3.8, 4) is 0 Å². The summed E-state index contributed by atoms with van der Waals surface area (Å²) >= 11 is 7.55. The zero-order valence-electron chi connectivity index (χ0n) is 8.94. The average molecular weight is 268 g/mol. The van der Waals surface area contributed by atoms with E-state index < -0.39 is 0 Å². The molecule has 1 aliphatic heterocycles. The van der Waals surface area contributed by atoms with Gasteiger partial charge in [0.25, 0.3) is 0 Å². The van der Waals surface area contributed by atoms with Crippen LogP contribution >= 0.6 is 22.9 Å². The first-order valence-corrected chi connectivity index (χ1v) is 6.57. The van der Waals surface area contributed by atoms with Gasteiger partial charge in [0, 0.05) is 17.4 Å². The van der Waals surface area contributed by atoms with E-state index in [4.69, 9.17) is 16.3 Å². The number of anilines is 2. The largest absolute Gasteiger partial charge is 0.376 e. The van der Waals surface area contributed by atoms with Crippen molar-refractivity contribution < 1.29 is 4.74 Å². The predicted octanol–water partition coefficient (Wildman–Crippen LogP) is 3.01. The number of halogens is 1. The van der Waals surface area contributed by atoms with E-state index in [1.54, 1.807) is 11.3 Å². The Morgan fingerprint density at radius 2 is 2.35 bits per heavy atom. The van der Waals surface area contributed by atoms with Crippen molar-refractivity contribution in [2.45, 2.75) is 13.0 Å². The second kappa shape index (κ2) is 4.60. The van der Waals surface area contributed by atoms with Crippen molar-refractivity contribution in [1.82, 2.24) is 9.97 Å². The number of rotatable bonds is 2. The molecule has 2 aromatic heterocycles. The third-order valence-electron chi connectivity index (χ3n) is 2.58. The minimum atomic E-state index is 0.281. The molecule has 6 heteroatoms. The summed E-state index contributed by atoms with van der Waals surface area (Å²) < 4.78 is 5.44. The fourth-order valence-electron chi connectivity index (χ4n) is 1.78. The van der Waals surface area contributed by atoms with Gasteiger partial charge < -0.3 is 10.1 Å². The number of nitrogens with one attached hydrogen (secondary N) is 1. The van der Waals surface area contributed by atoms with Crippen LogP contribution in [-0.2, 0) is 17.8 Å². The molecule has 88 valence electrons. The standard InChI is InChI=1S/C11H10ClN3OS/c12-11-14-9-1-3-16-5-8(9)10(15-11)13-7-2-4-17-6-7/h2,4,6H,1,3,5H2,(H,13,14,15). The lowest BCUT2D eigenvalue weighted by Gasteiger charge is -2.18. The number of ether oxygens (including phenoxy) is 1. The Morgan fingerprint density at radius 1 is 1.41 bits per heavy atom. The third-order valence-corrected chi connectivity index (χ3v) is 3.43. The number of hydrogen-bond donors (Lipinski definition) is 1. The van der Waals surface area contributed by atoms with Crippen LogP contribution in [0.1, 0.15) is 11.3 Å². The number of hydrogen-bond acceptors (Lipinski definition) is 5. The summed E-state index contributed by atoms with van der Waals surface area (Å²) in [6.45, 7) is 1.23. The molecule has 0 amide bonds. The molecule has 0 fully saturated rings. The third kappa shape index (κ3) is 2.26. The second-order valence-electron chi connectivity index (χ2n) is 3.71. The SMILES string of the molecule is Clc1nc2c(c(Nc3ccsc3)n1)COCC2. The van der Waals surface area contributed by atoms with Crippen molar-refractivity contribution >= 4 is 34.4 Å². The van der Waals surface area contributed by atoms with E-state index in [0.29, 0.717) is 13.2 Å². The van der Waals surface area contributed by atoms with Gasteiger partial charge in [-0.2, -0.15) is 11.3 Å². The number of thiophene rings is 1. The van der Waals surface area contributed by atoms with E-state index in [-0.39, 0.29) is 5.28 Å². The molecule has 1 N–H and O–H groups in total. The summed E-state index contributed by atoms with van der Waals surface area (Å²) in [7, 11) is 0. The van der Waals surface area contributed by atoms with Crippen LogP contribution in [0, 0.1) is 0 Å². The Balaban J connectivity index is 2.00. The topological polar surface area (TPSA) is 47.0 Å². The van der Waals surface area contributed by atoms with Gasteiger partial charge in [-0.1, -0.05) is 0 Å². The Bertz CT molecular complexity index is 530. The van der Waals surface area contributed by atoms with Gasteiger partial charge in [-0.05, 0) is 23.0 Å². The maximum atomic E-state index is 5.92. The van der Waals surface area contributed by atoms with Crippen molar-refractivity contribution in [3.63, 3.8) is 0 Å². The first-order valence-electron chi connectivity index (χ1n) is 5.25. The molecule has 17 heavy (non-hydrogen) atoms. The van der Waals surface area contributed by atoms with Crippen LogP contribution in [0.3, 0.4) is 0 Å². The van der Waals surface area contributed by atoms with Crippen molar-refractivity contribution in [2.75, 3.05) is 11.9 Å². The highest BCUT2D eigenvalue weighted by Crippen LogP contribution is 2.27. The van der Waals surface area contributed by atoms with Crippen LogP contribution in [0.15, 0.2) is 16.8 Å². The van der Waals surface area contributed by atoms with Crippen molar-refractivity contribution in [1.29, 1.82) is 0 Å². The van der Waals surface area contributed by atoms with Gasteiger partial charge in [-0.25, -0.2) is 9.97 Å². The molecule has 0 saturated carbocycles. The molecule has 0 aromatic carbocycles. The van der Waals surface area contributed by atoms with Gasteiger partial charge in [0.05, 0.1) is 24.6 Å². The molecule has 4 nitrogen and oxygen atoms in total. The predicted molar refractivity (Wildman–Crippen MR) is 68.0 cm³/mol. The van der Waals surface area contributed by atoms with Gasteiger partial charge in [-0.15, -0.1) is 0 Å². The van der Waals surface area contributed by atoms with Crippen molar-refractivity contribution in [3.05, 3.63) is 33.4 Å². The fraction of sp³-hybridized carbons (Fsp3) is 0.273. The van der Waals surface area contributed by atoms with Crippen LogP contribution in [-0.4, -0.2) is 16.6 Å². The van der Waals surface area contributed by atoms with E-state index in [0.717, 1.165) is 29.2 Å². The first kappa shape index (κ1) is 11.0. The molecular weight excluding hydrogens is 258 g/mol. The van der Waals surface area contributed by atoms with Gasteiger partial charge in [0.1, 0.15) is 5.82 Å². The molecule has 0 radical (unpaired) electrons. The molecular formula is C11H10ClN3OS. The maximum absolute atomic E-state index is 5.92. The fourth-order valence-corrected chi connectivity index (χ4v) is 2.55. The minimum Gasteiger partial charge on any atom is -0.376 e. The Hall–Kier alpha value is -1.17. The second-order valence-corrected chi connectivity index (χ2v) is 4.82. The summed E-state index contributed by atoms with van der Waals surface area (Å²) in [6, 6.07) is 2.00. The van der Waals surface area contributed by atoms with E-state index in [1.165, 1.54) is 0 Å². The van der Waals surface area contributed by atoms with E-state index >= 15 is 0 Å². The van der Waals surface area contributed by atoms with Gasteiger partial charge in [0.2, 0.25) is 5.28 Å². The van der Waals surface area contributed by atoms with Crippen LogP contribution in [0.25, 0.3) is 0 Å². The number of aromatic nitrogens is 2. The molecule has 3 rings (SSSR count). The molecule has 0 bridgehead atoms. The lowest BCUT2D eigenvalue weighted by molar-refractivity contribution is 0.109. The van der Waals surface area contributed by atoms with E-state index in [1.807, 2.05) is 16.8 Å². The zero-order chi connectivity index (χ0) is 11.7. The smallest absolute Gasteiger partial charge is 0.224 e. The van der Waals surface area contributed by atoms with Crippen LogP contribution < -0.4 is 5.32 Å². The summed E-state index contributed by atoms with van der Waals surface area (Å²) in [6.07, 6.45) is 0.788. The Morgan fingerprint density at radius 3 is 3.18 bits per heavy atom. The quantitative estimate of drug-likeness (QED) is 0.850. The summed E-state index contributed by atoms with van der Waals surface area (Å²) in [5.41, 5.74) is 3.00. The molecule has 3 heterocycles. The summed E-state index contributed by atoms with van der Waals surface area (Å²) in [4.78, 5) is 8.47. The average Bonchev–Trinajstić information content (AvgIpc) is 2.81. The van der Waals surface area contributed by atoms with Gasteiger partial charge in [0.15, 0.2) is 0 Å². The molecule has 0 atom stereocenters. The summed E-state index contributed by atoms with van der Waals surface area (Å²) in [5, 5.41) is 7.56. The monoisotopic (exact) mass is 267 g/mol. The van der Waals surface area contributed by atoms with Crippen LogP contribution in [0.5, 0.6) is 0 Å². The molecule has 0 saturated heterocycles. The van der Waals surface area contributed by atoms with Gasteiger partial charge >= 0.3 is 0 Å². The summed E-state index contributed by atoms with van der Waals surface area (Å²) in [5.74, 6) is 0.748. The minimum absolute atomic E-state index is 0.281. The lowest BCUT2D eigenvalue weighted by Crippen LogP contribution is -2.15. The number of nitrogens with zero attached hydrogens (tertiary/aromatic N) is 2. The first-order chi connectivity index (χ1) is 8.33. The van der Waals surface area contributed by atoms with Crippen LogP contribution in [0.2, 0.25) is 5.28 Å². The van der Waals surface area contributed by atoms with E-state index in [2.05, 4.69) is 15.3 Å². The number of fused-ring (bicyclic) bond motifs is 1. The molecule has 0 unspecified atom stereocenters. The zero-order valence-corrected chi connectivity index (χ0v) is 10.5. The van der Waals surface area contributed by atoms with Crippen molar-refractivity contribution in [2.24, 2.45) is 0 Å². The molecule has 2 aromatic rings. The normalized spacial score (nSPS) is 14.4. The van der Waals surface area contributed by atoms with Crippen LogP contribution in [0.4, 0.5) is 11.5 Å². The molecule has 0 spiro atoms. The molecule has 1 aliphatic rings. The van der Waals surface area contributed by atoms with Gasteiger partial charge in [-0.3, -0.25) is 0 Å². The highest BCUT2D eigenvalue weighted by Gasteiger charge is 2.17. The van der Waals surface area contributed by atoms with E-state index in [9.17, 15) is 0 Å². The maximum Gasteiger partial charge on any atom is 0.224 e. The highest BCUT2D eigenvalue weighted by molar-refractivity contribution is 7.08. The lowest BCUT2D eigenvalue weighted by atomic mass is 10.1.